The molecule has 0 amide bonds. The first-order valence-corrected chi connectivity index (χ1v) is 5.15. The molecule has 1 aromatic rings. The van der Waals surface area contributed by atoms with Gasteiger partial charge in [0.05, 0.1) is 19.0 Å². The van der Waals surface area contributed by atoms with Crippen molar-refractivity contribution in [2.24, 2.45) is 5.92 Å². The zero-order valence-corrected chi connectivity index (χ0v) is 9.00. The molecule has 1 unspecified atom stereocenters. The zero-order chi connectivity index (χ0) is 9.68. The molecule has 1 atom stereocenters. The van der Waals surface area contributed by atoms with Crippen LogP contribution in [0.25, 0.3) is 0 Å². The van der Waals surface area contributed by atoms with Gasteiger partial charge in [-0.15, -0.1) is 0 Å². The van der Waals surface area contributed by atoms with E-state index in [9.17, 15) is 0 Å². The molecule has 0 aliphatic rings. The smallest absolute Gasteiger partial charge is 0.157 e. The highest BCUT2D eigenvalue weighted by Crippen LogP contribution is 2.09. The van der Waals surface area contributed by atoms with Crippen molar-refractivity contribution in [2.45, 2.75) is 20.4 Å². The number of thiol groups is 1. The first-order chi connectivity index (χ1) is 6.26. The second-order valence-corrected chi connectivity index (χ2v) is 3.50. The van der Waals surface area contributed by atoms with Crippen LogP contribution in [0.3, 0.4) is 0 Å². The third-order valence-corrected chi connectivity index (χ3v) is 2.40. The fraction of sp³-hybridized carbons (Fsp3) is 0.667. The summed E-state index contributed by atoms with van der Waals surface area (Å²) < 4.78 is 7.36. The average Bonchev–Trinajstić information content (AvgIpc) is 2.61. The Kier molecular flexibility index (Phi) is 4.15. The molecule has 0 aliphatic carbocycles. The van der Waals surface area contributed by atoms with Crippen LogP contribution in [-0.2, 0) is 6.54 Å². The van der Waals surface area contributed by atoms with Gasteiger partial charge in [0.1, 0.15) is 0 Å². The van der Waals surface area contributed by atoms with Gasteiger partial charge in [0.2, 0.25) is 0 Å². The molecule has 1 heterocycles. The highest BCUT2D eigenvalue weighted by atomic mass is 32.1. The summed E-state index contributed by atoms with van der Waals surface area (Å²) in [6.07, 6.45) is 3.65. The van der Waals surface area contributed by atoms with Crippen molar-refractivity contribution in [3.8, 4) is 5.75 Å². The van der Waals surface area contributed by atoms with E-state index in [-0.39, 0.29) is 0 Å². The number of aromatic nitrogens is 2. The molecule has 4 heteroatoms. The SMILES string of the molecule is CCn1cc(OCC(C)CS)cn1. The lowest BCUT2D eigenvalue weighted by Gasteiger charge is -2.07. The van der Waals surface area contributed by atoms with Crippen molar-refractivity contribution < 1.29 is 4.74 Å². The first-order valence-electron chi connectivity index (χ1n) is 4.52. The first kappa shape index (κ1) is 10.4. The quantitative estimate of drug-likeness (QED) is 0.734. The predicted octanol–water partition coefficient (Wildman–Crippen LogP) is 1.85. The Balaban J connectivity index is 2.36. The normalized spacial score (nSPS) is 12.8. The lowest BCUT2D eigenvalue weighted by molar-refractivity contribution is 0.273. The van der Waals surface area contributed by atoms with Gasteiger partial charge in [-0.25, -0.2) is 0 Å². The van der Waals surface area contributed by atoms with Crippen molar-refractivity contribution in [3.63, 3.8) is 0 Å². The molecule has 0 spiro atoms. The predicted molar refractivity (Wildman–Crippen MR) is 56.4 cm³/mol. The fourth-order valence-electron chi connectivity index (χ4n) is 0.883. The Morgan fingerprint density at radius 3 is 3.00 bits per heavy atom. The maximum atomic E-state index is 5.51. The van der Waals surface area contributed by atoms with Gasteiger partial charge in [0.15, 0.2) is 5.75 Å². The molecule has 0 radical (unpaired) electrons. The number of aryl methyl sites for hydroxylation is 1. The van der Waals surface area contributed by atoms with Gasteiger partial charge in [-0.2, -0.15) is 17.7 Å². The van der Waals surface area contributed by atoms with Gasteiger partial charge in [-0.05, 0) is 18.6 Å². The van der Waals surface area contributed by atoms with Crippen LogP contribution in [0.1, 0.15) is 13.8 Å². The molecule has 0 aliphatic heterocycles. The van der Waals surface area contributed by atoms with Crippen LogP contribution in [-0.4, -0.2) is 22.1 Å². The van der Waals surface area contributed by atoms with Gasteiger partial charge in [0, 0.05) is 6.54 Å². The summed E-state index contributed by atoms with van der Waals surface area (Å²) in [4.78, 5) is 0. The van der Waals surface area contributed by atoms with E-state index < -0.39 is 0 Å². The number of nitrogens with zero attached hydrogens (tertiary/aromatic N) is 2. The minimum absolute atomic E-state index is 0.480. The summed E-state index contributed by atoms with van der Waals surface area (Å²) in [6.45, 7) is 5.74. The lowest BCUT2D eigenvalue weighted by atomic mass is 10.2. The molecule has 3 nitrogen and oxygen atoms in total. The third kappa shape index (κ3) is 3.30. The Bertz CT molecular complexity index is 250. The monoisotopic (exact) mass is 200 g/mol. The Labute approximate surface area is 84.5 Å². The van der Waals surface area contributed by atoms with E-state index in [4.69, 9.17) is 4.74 Å². The Morgan fingerprint density at radius 1 is 1.69 bits per heavy atom. The number of ether oxygens (including phenoxy) is 1. The Morgan fingerprint density at radius 2 is 2.46 bits per heavy atom. The van der Waals surface area contributed by atoms with Crippen molar-refractivity contribution in [3.05, 3.63) is 12.4 Å². The molecule has 0 saturated carbocycles. The minimum atomic E-state index is 0.480. The second-order valence-electron chi connectivity index (χ2n) is 3.13. The van der Waals surface area contributed by atoms with Gasteiger partial charge in [0.25, 0.3) is 0 Å². The minimum Gasteiger partial charge on any atom is -0.490 e. The summed E-state index contributed by atoms with van der Waals surface area (Å²) in [5.74, 6) is 2.17. The van der Waals surface area contributed by atoms with Crippen LogP contribution in [0.4, 0.5) is 0 Å². The summed E-state index contributed by atoms with van der Waals surface area (Å²) in [6, 6.07) is 0. The van der Waals surface area contributed by atoms with Crippen LogP contribution in [0.15, 0.2) is 12.4 Å². The largest absolute Gasteiger partial charge is 0.490 e. The van der Waals surface area contributed by atoms with E-state index in [2.05, 4.69) is 24.7 Å². The third-order valence-electron chi connectivity index (χ3n) is 1.78. The summed E-state index contributed by atoms with van der Waals surface area (Å²) in [5, 5.41) is 4.11. The maximum absolute atomic E-state index is 5.51. The van der Waals surface area contributed by atoms with E-state index >= 15 is 0 Å². The second kappa shape index (κ2) is 5.17. The topological polar surface area (TPSA) is 27.1 Å². The highest BCUT2D eigenvalue weighted by Gasteiger charge is 2.02. The molecule has 1 rings (SSSR count). The van der Waals surface area contributed by atoms with Crippen LogP contribution < -0.4 is 4.74 Å². The van der Waals surface area contributed by atoms with Gasteiger partial charge in [-0.3, -0.25) is 4.68 Å². The van der Waals surface area contributed by atoms with Crippen LogP contribution in [0.5, 0.6) is 5.75 Å². The van der Waals surface area contributed by atoms with Crippen molar-refractivity contribution >= 4 is 12.6 Å². The van der Waals surface area contributed by atoms with Crippen molar-refractivity contribution in [2.75, 3.05) is 12.4 Å². The Hall–Kier alpha value is -0.640. The highest BCUT2D eigenvalue weighted by molar-refractivity contribution is 7.80. The molecular formula is C9H16N2OS. The van der Waals surface area contributed by atoms with Gasteiger partial charge < -0.3 is 4.74 Å². The molecule has 0 aromatic carbocycles. The number of hydrogen-bond donors (Lipinski definition) is 1. The van der Waals surface area contributed by atoms with Gasteiger partial charge >= 0.3 is 0 Å². The molecule has 0 saturated heterocycles. The van der Waals surface area contributed by atoms with Gasteiger partial charge in [-0.1, -0.05) is 6.92 Å². The van der Waals surface area contributed by atoms with Crippen molar-refractivity contribution in [1.29, 1.82) is 0 Å². The standard InChI is InChI=1S/C9H16N2OS/c1-3-11-5-9(4-10-11)12-6-8(2)7-13/h4-5,8,13H,3,6-7H2,1-2H3. The molecule has 1 aromatic heterocycles. The molecule has 0 N–H and O–H groups in total. The number of rotatable bonds is 5. The summed E-state index contributed by atoms with van der Waals surface area (Å²) >= 11 is 4.18. The maximum Gasteiger partial charge on any atom is 0.157 e. The summed E-state index contributed by atoms with van der Waals surface area (Å²) in [5.41, 5.74) is 0. The molecule has 74 valence electrons. The van der Waals surface area contributed by atoms with E-state index in [0.717, 1.165) is 18.0 Å². The number of hydrogen-bond acceptors (Lipinski definition) is 3. The zero-order valence-electron chi connectivity index (χ0n) is 8.10. The summed E-state index contributed by atoms with van der Waals surface area (Å²) in [7, 11) is 0. The average molecular weight is 200 g/mol. The van der Waals surface area contributed by atoms with Crippen LogP contribution in [0.2, 0.25) is 0 Å². The van der Waals surface area contributed by atoms with E-state index in [1.165, 1.54) is 0 Å². The van der Waals surface area contributed by atoms with E-state index in [1.807, 2.05) is 17.8 Å². The molecule has 0 fully saturated rings. The van der Waals surface area contributed by atoms with Crippen LogP contribution in [0, 0.1) is 5.92 Å². The van der Waals surface area contributed by atoms with E-state index in [1.54, 1.807) is 6.20 Å². The fourth-order valence-corrected chi connectivity index (χ4v) is 0.989. The van der Waals surface area contributed by atoms with E-state index in [0.29, 0.717) is 12.5 Å². The lowest BCUT2D eigenvalue weighted by Crippen LogP contribution is -2.09. The molecule has 13 heavy (non-hydrogen) atoms. The molecule has 0 bridgehead atoms. The molecular weight excluding hydrogens is 184 g/mol. The van der Waals surface area contributed by atoms with Crippen molar-refractivity contribution in [1.82, 2.24) is 9.78 Å². The van der Waals surface area contributed by atoms with Crippen LogP contribution >= 0.6 is 12.6 Å².